The number of halogens is 1. The summed E-state index contributed by atoms with van der Waals surface area (Å²) in [4.78, 5) is 8.75. The van der Waals surface area contributed by atoms with Crippen LogP contribution in [0.15, 0.2) is 28.9 Å². The van der Waals surface area contributed by atoms with Crippen LogP contribution in [0.5, 0.6) is 11.8 Å². The van der Waals surface area contributed by atoms with E-state index in [2.05, 4.69) is 44.2 Å². The lowest BCUT2D eigenvalue weighted by atomic mass is 9.99. The average Bonchev–Trinajstić information content (AvgIpc) is 2.52. The third-order valence-electron chi connectivity index (χ3n) is 3.33. The van der Waals surface area contributed by atoms with Crippen LogP contribution in [0.2, 0.25) is 0 Å². The number of benzene rings is 1. The molecule has 1 N–H and O–H groups in total. The van der Waals surface area contributed by atoms with Crippen LogP contribution in [0.4, 0.5) is 0 Å². The van der Waals surface area contributed by atoms with Crippen molar-refractivity contribution in [3.05, 3.63) is 45.7 Å². The van der Waals surface area contributed by atoms with Gasteiger partial charge in [-0.15, -0.1) is 0 Å². The SMILES string of the molecule is CNC(c1cccc(Br)c1C)c1ncc(OC)nc1OC. The van der Waals surface area contributed by atoms with Gasteiger partial charge in [-0.2, -0.15) is 4.98 Å². The Morgan fingerprint density at radius 2 is 2.00 bits per heavy atom. The van der Waals surface area contributed by atoms with Crippen LogP contribution < -0.4 is 14.8 Å². The Morgan fingerprint density at radius 1 is 1.24 bits per heavy atom. The van der Waals surface area contributed by atoms with Gasteiger partial charge in [-0.3, -0.25) is 0 Å². The predicted molar refractivity (Wildman–Crippen MR) is 84.9 cm³/mol. The van der Waals surface area contributed by atoms with Crippen molar-refractivity contribution in [1.29, 1.82) is 0 Å². The standard InChI is InChI=1S/C15H18BrN3O2/c1-9-10(6-5-7-11(9)16)13(17-2)14-15(21-4)19-12(20-3)8-18-14/h5-8,13,17H,1-4H3. The van der Waals surface area contributed by atoms with Crippen molar-refractivity contribution >= 4 is 15.9 Å². The molecular formula is C15H18BrN3O2. The molecule has 5 nitrogen and oxygen atoms in total. The second kappa shape index (κ2) is 6.87. The summed E-state index contributed by atoms with van der Waals surface area (Å²) in [5, 5.41) is 3.27. The molecule has 0 bridgehead atoms. The number of rotatable bonds is 5. The number of nitrogens with zero attached hydrogens (tertiary/aromatic N) is 2. The van der Waals surface area contributed by atoms with E-state index in [4.69, 9.17) is 9.47 Å². The van der Waals surface area contributed by atoms with Gasteiger partial charge in [0.2, 0.25) is 11.8 Å². The molecule has 0 spiro atoms. The fourth-order valence-corrected chi connectivity index (χ4v) is 2.57. The lowest BCUT2D eigenvalue weighted by Crippen LogP contribution is -2.21. The average molecular weight is 352 g/mol. The maximum atomic E-state index is 5.36. The van der Waals surface area contributed by atoms with Crippen molar-refractivity contribution in [2.24, 2.45) is 0 Å². The zero-order chi connectivity index (χ0) is 15.4. The lowest BCUT2D eigenvalue weighted by Gasteiger charge is -2.20. The normalized spacial score (nSPS) is 12.0. The third kappa shape index (κ3) is 3.16. The number of hydrogen-bond donors (Lipinski definition) is 1. The summed E-state index contributed by atoms with van der Waals surface area (Å²) in [6, 6.07) is 5.96. The van der Waals surface area contributed by atoms with Gasteiger partial charge in [-0.05, 0) is 31.2 Å². The molecule has 2 rings (SSSR count). The molecule has 0 aliphatic rings. The van der Waals surface area contributed by atoms with Crippen LogP contribution in [-0.2, 0) is 0 Å². The molecule has 1 aromatic heterocycles. The van der Waals surface area contributed by atoms with E-state index in [0.717, 1.165) is 21.3 Å². The first-order valence-electron chi connectivity index (χ1n) is 6.49. The van der Waals surface area contributed by atoms with E-state index in [0.29, 0.717) is 11.8 Å². The quantitative estimate of drug-likeness (QED) is 0.897. The monoisotopic (exact) mass is 351 g/mol. The molecule has 0 fully saturated rings. The van der Waals surface area contributed by atoms with Crippen molar-refractivity contribution in [3.63, 3.8) is 0 Å². The molecule has 1 unspecified atom stereocenters. The molecular weight excluding hydrogens is 334 g/mol. The van der Waals surface area contributed by atoms with Crippen LogP contribution >= 0.6 is 15.9 Å². The molecule has 21 heavy (non-hydrogen) atoms. The van der Waals surface area contributed by atoms with Crippen LogP contribution in [-0.4, -0.2) is 31.2 Å². The van der Waals surface area contributed by atoms with E-state index >= 15 is 0 Å². The van der Waals surface area contributed by atoms with Crippen molar-refractivity contribution in [1.82, 2.24) is 15.3 Å². The second-order valence-corrected chi connectivity index (χ2v) is 5.34. The summed E-state index contributed by atoms with van der Waals surface area (Å²) in [5.74, 6) is 0.879. The third-order valence-corrected chi connectivity index (χ3v) is 4.19. The Labute approximate surface area is 132 Å². The fourth-order valence-electron chi connectivity index (χ4n) is 2.19. The molecule has 0 saturated heterocycles. The molecule has 0 amide bonds. The van der Waals surface area contributed by atoms with Gasteiger partial charge < -0.3 is 14.8 Å². The summed E-state index contributed by atoms with van der Waals surface area (Å²) < 4.78 is 11.5. The van der Waals surface area contributed by atoms with E-state index in [1.807, 2.05) is 19.2 Å². The molecule has 0 saturated carbocycles. The molecule has 1 atom stereocenters. The summed E-state index contributed by atoms with van der Waals surface area (Å²) in [5.41, 5.74) is 2.99. The van der Waals surface area contributed by atoms with Crippen LogP contribution in [0.3, 0.4) is 0 Å². The van der Waals surface area contributed by atoms with Crippen molar-refractivity contribution < 1.29 is 9.47 Å². The van der Waals surface area contributed by atoms with Gasteiger partial charge >= 0.3 is 0 Å². The highest BCUT2D eigenvalue weighted by Crippen LogP contribution is 2.32. The molecule has 1 heterocycles. The summed E-state index contributed by atoms with van der Waals surface area (Å²) in [6.45, 7) is 2.06. The maximum absolute atomic E-state index is 5.36. The highest BCUT2D eigenvalue weighted by atomic mass is 79.9. The molecule has 112 valence electrons. The van der Waals surface area contributed by atoms with E-state index in [1.165, 1.54) is 0 Å². The number of nitrogens with one attached hydrogen (secondary N) is 1. The second-order valence-electron chi connectivity index (χ2n) is 4.48. The zero-order valence-corrected chi connectivity index (χ0v) is 14.1. The number of hydrogen-bond acceptors (Lipinski definition) is 5. The minimum atomic E-state index is -0.115. The Morgan fingerprint density at radius 3 is 2.62 bits per heavy atom. The van der Waals surface area contributed by atoms with Gasteiger partial charge in [0, 0.05) is 4.47 Å². The fraction of sp³-hybridized carbons (Fsp3) is 0.333. The van der Waals surface area contributed by atoms with E-state index in [1.54, 1.807) is 20.4 Å². The number of methoxy groups -OCH3 is 2. The highest BCUT2D eigenvalue weighted by Gasteiger charge is 2.22. The molecule has 0 radical (unpaired) electrons. The van der Waals surface area contributed by atoms with Gasteiger partial charge in [0.05, 0.1) is 26.5 Å². The van der Waals surface area contributed by atoms with Crippen LogP contribution in [0.1, 0.15) is 22.9 Å². The Kier molecular flexibility index (Phi) is 5.14. The smallest absolute Gasteiger partial charge is 0.240 e. The van der Waals surface area contributed by atoms with Crippen molar-refractivity contribution in [2.45, 2.75) is 13.0 Å². The summed E-state index contributed by atoms with van der Waals surface area (Å²) in [7, 11) is 5.01. The maximum Gasteiger partial charge on any atom is 0.240 e. The van der Waals surface area contributed by atoms with Crippen molar-refractivity contribution in [2.75, 3.05) is 21.3 Å². The highest BCUT2D eigenvalue weighted by molar-refractivity contribution is 9.10. The summed E-state index contributed by atoms with van der Waals surface area (Å²) in [6.07, 6.45) is 1.59. The first-order chi connectivity index (χ1) is 10.1. The Bertz CT molecular complexity index is 634. The molecule has 6 heteroatoms. The largest absolute Gasteiger partial charge is 0.480 e. The van der Waals surface area contributed by atoms with E-state index in [9.17, 15) is 0 Å². The first kappa shape index (κ1) is 15.7. The predicted octanol–water partition coefficient (Wildman–Crippen LogP) is 2.87. The minimum absolute atomic E-state index is 0.115. The van der Waals surface area contributed by atoms with E-state index in [-0.39, 0.29) is 6.04 Å². The van der Waals surface area contributed by atoms with E-state index < -0.39 is 0 Å². The van der Waals surface area contributed by atoms with Crippen LogP contribution in [0, 0.1) is 6.92 Å². The molecule has 0 aliphatic heterocycles. The zero-order valence-electron chi connectivity index (χ0n) is 12.5. The molecule has 1 aromatic carbocycles. The van der Waals surface area contributed by atoms with Gasteiger partial charge in [0.1, 0.15) is 5.69 Å². The Hall–Kier alpha value is -1.66. The van der Waals surface area contributed by atoms with Gasteiger partial charge in [-0.1, -0.05) is 28.1 Å². The topological polar surface area (TPSA) is 56.3 Å². The molecule has 2 aromatic rings. The van der Waals surface area contributed by atoms with Gasteiger partial charge in [0.15, 0.2) is 0 Å². The number of aromatic nitrogens is 2. The van der Waals surface area contributed by atoms with Crippen LogP contribution in [0.25, 0.3) is 0 Å². The van der Waals surface area contributed by atoms with Gasteiger partial charge in [-0.25, -0.2) is 4.98 Å². The van der Waals surface area contributed by atoms with Gasteiger partial charge in [0.25, 0.3) is 0 Å². The van der Waals surface area contributed by atoms with Crippen molar-refractivity contribution in [3.8, 4) is 11.8 Å². The summed E-state index contributed by atoms with van der Waals surface area (Å²) >= 11 is 3.56. The molecule has 0 aliphatic carbocycles. The minimum Gasteiger partial charge on any atom is -0.480 e. The lowest BCUT2D eigenvalue weighted by molar-refractivity contribution is 0.353. The Balaban J connectivity index is 2.53. The first-order valence-corrected chi connectivity index (χ1v) is 7.28. The number of ether oxygens (including phenoxy) is 2.